The molecule has 3 heterocycles. The van der Waals surface area contributed by atoms with Crippen molar-refractivity contribution in [3.63, 3.8) is 0 Å². The minimum atomic E-state index is -1.62. The summed E-state index contributed by atoms with van der Waals surface area (Å²) in [6.07, 6.45) is 1.59. The Bertz CT molecular complexity index is 2440. The van der Waals surface area contributed by atoms with E-state index < -0.39 is 108 Å². The molecule has 5 rings (SSSR count). The minimum absolute atomic E-state index is 0.0227. The molecule has 0 saturated carbocycles. The zero-order chi connectivity index (χ0) is 56.2. The van der Waals surface area contributed by atoms with Crippen LogP contribution in [-0.2, 0) is 56.0 Å². The number of carboxylic acids is 1. The first-order valence-electron chi connectivity index (χ1n) is 26.0. The van der Waals surface area contributed by atoms with Gasteiger partial charge in [0.05, 0.1) is 18.7 Å². The van der Waals surface area contributed by atoms with Gasteiger partial charge >= 0.3 is 5.97 Å². The molecule has 0 spiro atoms. The van der Waals surface area contributed by atoms with Gasteiger partial charge in [-0.25, -0.2) is 4.79 Å². The molecule has 420 valence electrons. The van der Waals surface area contributed by atoms with Gasteiger partial charge in [-0.3, -0.25) is 48.3 Å². The average molecular weight is 1070 g/mol. The van der Waals surface area contributed by atoms with Gasteiger partial charge in [-0.1, -0.05) is 60.7 Å². The second-order valence-electron chi connectivity index (χ2n) is 19.5. The van der Waals surface area contributed by atoms with Crippen molar-refractivity contribution in [2.75, 3.05) is 39.3 Å². The van der Waals surface area contributed by atoms with E-state index in [4.69, 9.17) is 28.7 Å². The number of amides is 8. The maximum Gasteiger partial charge on any atom is 0.326 e. The first-order valence-corrected chi connectivity index (χ1v) is 26.0. The molecule has 3 saturated heterocycles. The Morgan fingerprint density at radius 3 is 1.62 bits per heavy atom. The summed E-state index contributed by atoms with van der Waals surface area (Å²) in [5, 5.41) is 33.9. The number of aliphatic hydroxyl groups is 1. The largest absolute Gasteiger partial charge is 0.480 e. The van der Waals surface area contributed by atoms with Crippen molar-refractivity contribution >= 4 is 65.1 Å². The van der Waals surface area contributed by atoms with E-state index in [-0.39, 0.29) is 69.6 Å². The summed E-state index contributed by atoms with van der Waals surface area (Å²) in [6.45, 7) is 1.71. The molecule has 26 nitrogen and oxygen atoms in total. The van der Waals surface area contributed by atoms with Crippen LogP contribution in [0.3, 0.4) is 0 Å². The minimum Gasteiger partial charge on any atom is -0.480 e. The number of benzene rings is 2. The van der Waals surface area contributed by atoms with E-state index in [2.05, 4.69) is 36.6 Å². The van der Waals surface area contributed by atoms with E-state index in [0.717, 1.165) is 0 Å². The Balaban J connectivity index is 1.23. The number of nitrogens with one attached hydrogen (secondary N) is 5. The van der Waals surface area contributed by atoms with Crippen molar-refractivity contribution in [1.82, 2.24) is 41.3 Å². The third-order valence-corrected chi connectivity index (χ3v) is 13.7. The molecule has 0 radical (unpaired) electrons. The van der Waals surface area contributed by atoms with E-state index >= 15 is 0 Å². The maximum atomic E-state index is 14.4. The van der Waals surface area contributed by atoms with Gasteiger partial charge in [0, 0.05) is 45.6 Å². The molecule has 2 aromatic carbocycles. The molecular weight excluding hydrogens is 999 g/mol. The van der Waals surface area contributed by atoms with Crippen LogP contribution in [0.1, 0.15) is 82.3 Å². The monoisotopic (exact) mass is 1070 g/mol. The number of nitrogens with two attached hydrogens (primary N) is 5. The lowest BCUT2D eigenvalue weighted by molar-refractivity contribution is -0.147. The van der Waals surface area contributed by atoms with E-state index in [0.29, 0.717) is 69.2 Å². The van der Waals surface area contributed by atoms with Crippen molar-refractivity contribution < 1.29 is 53.4 Å². The van der Waals surface area contributed by atoms with Crippen LogP contribution in [0.5, 0.6) is 0 Å². The molecule has 2 aromatic rings. The molecule has 0 unspecified atom stereocenters. The van der Waals surface area contributed by atoms with Gasteiger partial charge in [-0.15, -0.1) is 0 Å². The molecular formula is C51H75N15O11. The molecule has 0 aliphatic carbocycles. The predicted molar refractivity (Wildman–Crippen MR) is 282 cm³/mol. The number of carbonyl (C=O) groups is 9. The van der Waals surface area contributed by atoms with Crippen LogP contribution in [0.2, 0.25) is 0 Å². The number of aliphatic imine (C=N–C) groups is 2. The van der Waals surface area contributed by atoms with Gasteiger partial charge in [0.15, 0.2) is 11.9 Å². The molecule has 3 aliphatic heterocycles. The first kappa shape index (κ1) is 60.0. The highest BCUT2D eigenvalue weighted by atomic mass is 16.4. The molecule has 0 aromatic heterocycles. The summed E-state index contributed by atoms with van der Waals surface area (Å²) >= 11 is 0. The number of hydrogen-bond donors (Lipinski definition) is 12. The lowest BCUT2D eigenvalue weighted by Crippen LogP contribution is -2.61. The quantitative estimate of drug-likeness (QED) is 0.0234. The number of guanidine groups is 2. The number of hydrogen-bond acceptors (Lipinski definition) is 13. The Morgan fingerprint density at radius 1 is 0.610 bits per heavy atom. The maximum absolute atomic E-state index is 14.4. The molecule has 8 amide bonds. The number of nitrogens with zero attached hydrogens (tertiary/aromatic N) is 5. The number of carbonyl (C=O) groups excluding carboxylic acids is 8. The van der Waals surface area contributed by atoms with Crippen LogP contribution in [0.25, 0.3) is 0 Å². The Morgan fingerprint density at radius 2 is 1.09 bits per heavy atom. The summed E-state index contributed by atoms with van der Waals surface area (Å²) in [5.74, 6) is -6.95. The highest BCUT2D eigenvalue weighted by molar-refractivity contribution is 5.98. The van der Waals surface area contributed by atoms with Gasteiger partial charge in [0.2, 0.25) is 47.3 Å². The number of aliphatic carboxylic acids is 1. The molecule has 9 atom stereocenters. The van der Waals surface area contributed by atoms with E-state index in [1.54, 1.807) is 60.7 Å². The van der Waals surface area contributed by atoms with E-state index in [9.17, 15) is 53.4 Å². The van der Waals surface area contributed by atoms with Gasteiger partial charge in [0.1, 0.15) is 42.3 Å². The fourth-order valence-electron chi connectivity index (χ4n) is 9.71. The van der Waals surface area contributed by atoms with Gasteiger partial charge < -0.3 is 80.2 Å². The summed E-state index contributed by atoms with van der Waals surface area (Å²) in [7, 11) is 0. The van der Waals surface area contributed by atoms with Crippen molar-refractivity contribution in [1.29, 1.82) is 0 Å². The Kier molecular flexibility index (Phi) is 22.9. The van der Waals surface area contributed by atoms with Gasteiger partial charge in [-0.2, -0.15) is 0 Å². The Hall–Kier alpha value is -7.87. The Labute approximate surface area is 446 Å². The van der Waals surface area contributed by atoms with Crippen LogP contribution in [-0.4, -0.2) is 184 Å². The van der Waals surface area contributed by atoms with Crippen molar-refractivity contribution in [2.45, 2.75) is 138 Å². The van der Waals surface area contributed by atoms with Crippen LogP contribution < -0.4 is 55.3 Å². The normalized spacial score (nSPS) is 19.3. The molecule has 3 fully saturated rings. The summed E-state index contributed by atoms with van der Waals surface area (Å²) in [6, 6.07) is 7.94. The highest BCUT2D eigenvalue weighted by Crippen LogP contribution is 2.26. The third kappa shape index (κ3) is 17.9. The van der Waals surface area contributed by atoms with Crippen molar-refractivity contribution in [3.05, 3.63) is 71.8 Å². The summed E-state index contributed by atoms with van der Waals surface area (Å²) < 4.78 is 0. The van der Waals surface area contributed by atoms with Gasteiger partial charge in [0.25, 0.3) is 0 Å². The standard InChI is InChI=1S/C51H75N15O11/c1-30(67)41(48(75)65-25-11-20-38(65)45(72)62-36(28-32-15-6-3-7-16-32)42(69)61-34(49(76)77)18-9-23-58-51(55)56)63-43(70)35(27-31-13-4-2-5-14-31)60-40(68)29-59-44(71)37-19-10-24-64(37)47(74)39-21-12-26-66(39)46(73)33(52)17-8-22-57-50(53)54/h2-7,13-16,30,33-39,41,67H,8-12,17-29,52H2,1H3,(H,59,71)(H,60,68)(H,61,69)(H,62,72)(H,63,70)(H,76,77)(H4,53,54,57)(H4,55,56,58)/t30-,33-,34-,35-,36-,37-,38-,39-,41-/m0/s1. The van der Waals surface area contributed by atoms with Gasteiger partial charge in [-0.05, 0) is 82.3 Å². The van der Waals surface area contributed by atoms with Crippen LogP contribution in [0.4, 0.5) is 0 Å². The molecule has 77 heavy (non-hydrogen) atoms. The van der Waals surface area contributed by atoms with Crippen LogP contribution in [0.15, 0.2) is 70.6 Å². The van der Waals surface area contributed by atoms with E-state index in [1.807, 2.05) is 0 Å². The fourth-order valence-corrected chi connectivity index (χ4v) is 9.71. The predicted octanol–water partition coefficient (Wildman–Crippen LogP) is -3.60. The first-order chi connectivity index (χ1) is 36.7. The average Bonchev–Trinajstić information content (AvgIpc) is 4.22. The number of carboxylic acid groups (broad SMARTS) is 1. The molecule has 3 aliphatic rings. The smallest absolute Gasteiger partial charge is 0.326 e. The number of rotatable bonds is 27. The topological polar surface area (TPSA) is 419 Å². The van der Waals surface area contributed by atoms with Crippen LogP contribution >= 0.6 is 0 Å². The molecule has 0 bridgehead atoms. The zero-order valence-corrected chi connectivity index (χ0v) is 43.4. The SMILES string of the molecule is C[C@H](O)[C@H](NC(=O)[C@H](Cc1ccccc1)NC(=O)CNC(=O)[C@@H]1CCCN1C(=O)[C@@H]1CCCN1C(=O)[C@@H](N)CCCN=C(N)N)C(=O)N1CCC[C@H]1C(=O)N[C@@H](Cc1ccccc1)C(=O)N[C@@H](CCCN=C(N)N)C(=O)O. The third-order valence-electron chi connectivity index (χ3n) is 13.7. The van der Waals surface area contributed by atoms with Crippen LogP contribution in [0, 0.1) is 0 Å². The van der Waals surface area contributed by atoms with Crippen molar-refractivity contribution in [2.24, 2.45) is 38.7 Å². The highest BCUT2D eigenvalue weighted by Gasteiger charge is 2.44. The second-order valence-corrected chi connectivity index (χ2v) is 19.5. The van der Waals surface area contributed by atoms with Crippen molar-refractivity contribution in [3.8, 4) is 0 Å². The summed E-state index contributed by atoms with van der Waals surface area (Å²) in [4.78, 5) is 135. The molecule has 26 heteroatoms. The summed E-state index contributed by atoms with van der Waals surface area (Å²) in [5.41, 5.74) is 29.0. The fraction of sp³-hybridized carbons (Fsp3) is 0.549. The number of aliphatic hydroxyl groups excluding tert-OH is 1. The van der Waals surface area contributed by atoms with E-state index in [1.165, 1.54) is 21.6 Å². The lowest BCUT2D eigenvalue weighted by atomic mass is 10.0. The molecule has 17 N–H and O–H groups in total. The lowest BCUT2D eigenvalue weighted by Gasteiger charge is -2.32. The number of likely N-dealkylation sites (tertiary alicyclic amines) is 3. The zero-order valence-electron chi connectivity index (χ0n) is 43.4. The second kappa shape index (κ2) is 29.4.